The van der Waals surface area contributed by atoms with Crippen LogP contribution in [0.4, 0.5) is 0 Å². The molecule has 0 amide bonds. The van der Waals surface area contributed by atoms with Crippen LogP contribution < -0.4 is 5.32 Å². The third kappa shape index (κ3) is 3.74. The average Bonchev–Trinajstić information content (AvgIpc) is 2.87. The second-order valence-corrected chi connectivity index (χ2v) is 4.63. The fourth-order valence-electron chi connectivity index (χ4n) is 1.22. The third-order valence-corrected chi connectivity index (χ3v) is 3.04. The van der Waals surface area contributed by atoms with Crippen molar-refractivity contribution in [3.05, 3.63) is 16.6 Å². The molecule has 3 nitrogen and oxygen atoms in total. The molecule has 0 spiro atoms. The molecular weight excluding hydrogens is 196 g/mol. The van der Waals surface area contributed by atoms with Crippen LogP contribution in [0, 0.1) is 5.92 Å². The maximum absolute atomic E-state index is 5.50. The molecular formula is C10H16N2OS. The van der Waals surface area contributed by atoms with Gasteiger partial charge in [0.1, 0.15) is 0 Å². The van der Waals surface area contributed by atoms with Crippen LogP contribution in [0.25, 0.3) is 0 Å². The Balaban J connectivity index is 1.43. The van der Waals surface area contributed by atoms with Gasteiger partial charge in [-0.1, -0.05) is 0 Å². The van der Waals surface area contributed by atoms with E-state index in [1.54, 1.807) is 11.3 Å². The minimum atomic E-state index is 0.829. The molecule has 0 unspecified atom stereocenters. The molecule has 2 rings (SSSR count). The van der Waals surface area contributed by atoms with Gasteiger partial charge in [-0.2, -0.15) is 0 Å². The highest BCUT2D eigenvalue weighted by Gasteiger charge is 2.20. The van der Waals surface area contributed by atoms with E-state index in [1.807, 2.05) is 11.7 Å². The van der Waals surface area contributed by atoms with Gasteiger partial charge >= 0.3 is 0 Å². The number of hydrogen-bond acceptors (Lipinski definition) is 4. The van der Waals surface area contributed by atoms with Crippen molar-refractivity contribution in [1.82, 2.24) is 10.3 Å². The number of nitrogens with zero attached hydrogens (tertiary/aromatic N) is 1. The van der Waals surface area contributed by atoms with Crippen molar-refractivity contribution < 1.29 is 4.74 Å². The summed E-state index contributed by atoms with van der Waals surface area (Å²) in [7, 11) is 0. The Morgan fingerprint density at radius 3 is 3.21 bits per heavy atom. The van der Waals surface area contributed by atoms with E-state index < -0.39 is 0 Å². The molecule has 78 valence electrons. The van der Waals surface area contributed by atoms with Gasteiger partial charge in [-0.25, -0.2) is 0 Å². The first-order valence-corrected chi connectivity index (χ1v) is 5.99. The zero-order valence-corrected chi connectivity index (χ0v) is 9.05. The summed E-state index contributed by atoms with van der Waals surface area (Å²) < 4.78 is 5.50. The van der Waals surface area contributed by atoms with Crippen molar-refractivity contribution in [3.8, 4) is 0 Å². The Hall–Kier alpha value is -0.450. The normalized spacial score (nSPS) is 16.0. The van der Waals surface area contributed by atoms with Gasteiger partial charge in [0.25, 0.3) is 0 Å². The van der Waals surface area contributed by atoms with Gasteiger partial charge in [0.15, 0.2) is 0 Å². The summed E-state index contributed by atoms with van der Waals surface area (Å²) in [5, 5.41) is 3.33. The Morgan fingerprint density at radius 2 is 2.50 bits per heavy atom. The molecule has 1 saturated carbocycles. The second-order valence-electron chi connectivity index (χ2n) is 3.66. The van der Waals surface area contributed by atoms with Gasteiger partial charge in [-0.3, -0.25) is 4.98 Å². The van der Waals surface area contributed by atoms with Crippen LogP contribution in [0.5, 0.6) is 0 Å². The van der Waals surface area contributed by atoms with Crippen LogP contribution in [0.3, 0.4) is 0 Å². The number of aromatic nitrogens is 1. The lowest BCUT2D eigenvalue weighted by Gasteiger charge is -2.03. The third-order valence-electron chi connectivity index (χ3n) is 2.26. The summed E-state index contributed by atoms with van der Waals surface area (Å²) in [6.45, 7) is 3.64. The SMILES string of the molecule is c1ncc(CNCCOCC2CC2)s1. The molecule has 1 aliphatic carbocycles. The van der Waals surface area contributed by atoms with Crippen molar-refractivity contribution >= 4 is 11.3 Å². The number of thiazole rings is 1. The second kappa shape index (κ2) is 5.44. The zero-order valence-electron chi connectivity index (χ0n) is 8.24. The summed E-state index contributed by atoms with van der Waals surface area (Å²) in [5.74, 6) is 0.872. The van der Waals surface area contributed by atoms with Crippen molar-refractivity contribution in [2.24, 2.45) is 5.92 Å². The van der Waals surface area contributed by atoms with E-state index in [0.717, 1.165) is 32.2 Å². The van der Waals surface area contributed by atoms with Crippen LogP contribution in [-0.2, 0) is 11.3 Å². The van der Waals surface area contributed by atoms with E-state index in [2.05, 4.69) is 10.3 Å². The van der Waals surface area contributed by atoms with Crippen LogP contribution >= 0.6 is 11.3 Å². The topological polar surface area (TPSA) is 34.2 Å². The summed E-state index contributed by atoms with van der Waals surface area (Å²) in [6, 6.07) is 0. The minimum Gasteiger partial charge on any atom is -0.380 e. The lowest BCUT2D eigenvalue weighted by Crippen LogP contribution is -2.19. The van der Waals surface area contributed by atoms with Crippen LogP contribution in [0.15, 0.2) is 11.7 Å². The van der Waals surface area contributed by atoms with Crippen molar-refractivity contribution in [1.29, 1.82) is 0 Å². The smallest absolute Gasteiger partial charge is 0.0794 e. The Labute approximate surface area is 88.5 Å². The van der Waals surface area contributed by atoms with E-state index >= 15 is 0 Å². The highest BCUT2D eigenvalue weighted by atomic mass is 32.1. The number of nitrogens with one attached hydrogen (secondary N) is 1. The molecule has 0 radical (unpaired) electrons. The molecule has 1 heterocycles. The van der Waals surface area contributed by atoms with Crippen molar-refractivity contribution in [2.45, 2.75) is 19.4 Å². The molecule has 14 heavy (non-hydrogen) atoms. The summed E-state index contributed by atoms with van der Waals surface area (Å²) in [4.78, 5) is 5.30. The molecule has 0 atom stereocenters. The zero-order chi connectivity index (χ0) is 9.64. The summed E-state index contributed by atoms with van der Waals surface area (Å²) >= 11 is 1.69. The molecule has 0 saturated heterocycles. The van der Waals surface area contributed by atoms with E-state index in [-0.39, 0.29) is 0 Å². The number of hydrogen-bond donors (Lipinski definition) is 1. The predicted octanol–water partition coefficient (Wildman–Crippen LogP) is 1.66. The van der Waals surface area contributed by atoms with Gasteiger partial charge < -0.3 is 10.1 Å². The lowest BCUT2D eigenvalue weighted by atomic mass is 10.5. The van der Waals surface area contributed by atoms with E-state index in [0.29, 0.717) is 0 Å². The molecule has 1 N–H and O–H groups in total. The largest absolute Gasteiger partial charge is 0.380 e. The molecule has 0 aromatic carbocycles. The summed E-state index contributed by atoms with van der Waals surface area (Å²) in [6.07, 6.45) is 4.64. The maximum atomic E-state index is 5.50. The molecule has 1 aliphatic rings. The first-order chi connectivity index (χ1) is 6.95. The molecule has 1 aromatic rings. The van der Waals surface area contributed by atoms with Crippen molar-refractivity contribution in [2.75, 3.05) is 19.8 Å². The van der Waals surface area contributed by atoms with Crippen LogP contribution in [0.2, 0.25) is 0 Å². The number of ether oxygens (including phenoxy) is 1. The monoisotopic (exact) mass is 212 g/mol. The van der Waals surface area contributed by atoms with Gasteiger partial charge in [0, 0.05) is 30.8 Å². The van der Waals surface area contributed by atoms with E-state index in [1.165, 1.54) is 17.7 Å². The first kappa shape index (κ1) is 10.1. The lowest BCUT2D eigenvalue weighted by molar-refractivity contribution is 0.126. The molecule has 0 aliphatic heterocycles. The van der Waals surface area contributed by atoms with Gasteiger partial charge in [0.05, 0.1) is 12.1 Å². The Bertz CT molecular complexity index is 247. The van der Waals surface area contributed by atoms with E-state index in [4.69, 9.17) is 4.74 Å². The Morgan fingerprint density at radius 1 is 1.57 bits per heavy atom. The minimum absolute atomic E-state index is 0.829. The fraction of sp³-hybridized carbons (Fsp3) is 0.700. The van der Waals surface area contributed by atoms with Crippen LogP contribution in [0.1, 0.15) is 17.7 Å². The standard InChI is InChI=1S/C10H16N2OS/c1-2-9(1)7-13-4-3-11-5-10-6-12-8-14-10/h6,8-9,11H,1-5,7H2. The van der Waals surface area contributed by atoms with Gasteiger partial charge in [0.2, 0.25) is 0 Å². The fourth-order valence-corrected chi connectivity index (χ4v) is 1.78. The predicted molar refractivity (Wildman–Crippen MR) is 57.4 cm³/mol. The van der Waals surface area contributed by atoms with Gasteiger partial charge in [-0.15, -0.1) is 11.3 Å². The molecule has 4 heteroatoms. The first-order valence-electron chi connectivity index (χ1n) is 5.11. The van der Waals surface area contributed by atoms with E-state index in [9.17, 15) is 0 Å². The quantitative estimate of drug-likeness (QED) is 0.698. The number of rotatable bonds is 7. The van der Waals surface area contributed by atoms with Gasteiger partial charge in [-0.05, 0) is 18.8 Å². The molecule has 1 fully saturated rings. The maximum Gasteiger partial charge on any atom is 0.0794 e. The molecule has 0 bridgehead atoms. The Kier molecular flexibility index (Phi) is 3.91. The summed E-state index contributed by atoms with van der Waals surface area (Å²) in [5.41, 5.74) is 1.86. The highest BCUT2D eigenvalue weighted by Crippen LogP contribution is 2.28. The molecule has 1 aromatic heterocycles. The van der Waals surface area contributed by atoms with Crippen molar-refractivity contribution in [3.63, 3.8) is 0 Å². The highest BCUT2D eigenvalue weighted by molar-refractivity contribution is 7.09. The van der Waals surface area contributed by atoms with Crippen LogP contribution in [-0.4, -0.2) is 24.7 Å². The average molecular weight is 212 g/mol.